The van der Waals surface area contributed by atoms with E-state index >= 15 is 0 Å². The van der Waals surface area contributed by atoms with Gasteiger partial charge < -0.3 is 24.2 Å². The van der Waals surface area contributed by atoms with Crippen molar-refractivity contribution >= 4 is 23.5 Å². The van der Waals surface area contributed by atoms with Crippen molar-refractivity contribution in [3.63, 3.8) is 0 Å². The molecule has 2 saturated heterocycles. The first-order valence-corrected chi connectivity index (χ1v) is 16.6. The number of anilines is 2. The van der Waals surface area contributed by atoms with Gasteiger partial charge in [-0.05, 0) is 82.4 Å². The van der Waals surface area contributed by atoms with E-state index in [9.17, 15) is 18.4 Å². The normalized spacial score (nSPS) is 21.8. The lowest BCUT2D eigenvalue weighted by molar-refractivity contribution is -0.129. The Balaban J connectivity index is 1.16. The Labute approximate surface area is 263 Å². The summed E-state index contributed by atoms with van der Waals surface area (Å²) < 4.78 is 42.8. The summed E-state index contributed by atoms with van der Waals surface area (Å²) in [4.78, 5) is 30.6. The number of amides is 2. The van der Waals surface area contributed by atoms with Crippen molar-refractivity contribution in [3.8, 4) is 0 Å². The number of hydrogen-bond acceptors (Lipinski definition) is 6. The zero-order chi connectivity index (χ0) is 31.7. The number of hydrogen-bond donors (Lipinski definition) is 0. The summed E-state index contributed by atoms with van der Waals surface area (Å²) in [6.07, 6.45) is 2.95. The van der Waals surface area contributed by atoms with Gasteiger partial charge in [-0.15, -0.1) is 0 Å². The highest BCUT2D eigenvalue weighted by molar-refractivity contribution is 5.75. The molecule has 5 heterocycles. The second-order valence-corrected chi connectivity index (χ2v) is 14.8. The number of aromatic nitrogens is 2. The molecule has 9 nitrogen and oxygen atoms in total. The van der Waals surface area contributed by atoms with E-state index in [-0.39, 0.29) is 34.9 Å². The van der Waals surface area contributed by atoms with Crippen LogP contribution >= 0.6 is 0 Å². The summed E-state index contributed by atoms with van der Waals surface area (Å²) in [6.45, 7) is 11.7. The minimum atomic E-state index is -2.59. The third-order valence-corrected chi connectivity index (χ3v) is 10.4. The summed E-state index contributed by atoms with van der Waals surface area (Å²) in [7, 11) is 0. The Morgan fingerprint density at radius 3 is 2.47 bits per heavy atom. The molecule has 0 unspecified atom stereocenters. The van der Waals surface area contributed by atoms with Crippen molar-refractivity contribution in [2.24, 2.45) is 5.41 Å². The zero-order valence-electron chi connectivity index (χ0n) is 26.9. The van der Waals surface area contributed by atoms with Crippen LogP contribution in [0.5, 0.6) is 0 Å². The molecule has 7 rings (SSSR count). The van der Waals surface area contributed by atoms with Crippen LogP contribution in [0.15, 0.2) is 12.1 Å². The predicted molar refractivity (Wildman–Crippen MR) is 165 cm³/mol. The van der Waals surface area contributed by atoms with Gasteiger partial charge >= 0.3 is 6.09 Å². The van der Waals surface area contributed by atoms with Gasteiger partial charge in [-0.25, -0.2) is 13.6 Å². The molecule has 1 saturated carbocycles. The fraction of sp³-hybridized carbons (Fsp3) is 0.676. The van der Waals surface area contributed by atoms with Crippen molar-refractivity contribution in [3.05, 3.63) is 40.1 Å². The van der Waals surface area contributed by atoms with E-state index in [1.807, 2.05) is 31.7 Å². The van der Waals surface area contributed by atoms with Gasteiger partial charge in [-0.3, -0.25) is 9.48 Å². The number of likely N-dealkylation sites (tertiary alicyclic amines) is 1. The van der Waals surface area contributed by atoms with E-state index in [4.69, 9.17) is 14.6 Å². The molecule has 5 aliphatic rings. The number of nitrogens with zero attached hydrogens (tertiary/aromatic N) is 5. The van der Waals surface area contributed by atoms with Crippen LogP contribution in [0.3, 0.4) is 0 Å². The van der Waals surface area contributed by atoms with Crippen LogP contribution in [0.25, 0.3) is 0 Å². The van der Waals surface area contributed by atoms with Crippen LogP contribution in [0.2, 0.25) is 0 Å². The van der Waals surface area contributed by atoms with E-state index < -0.39 is 12.0 Å². The van der Waals surface area contributed by atoms with Crippen LogP contribution in [0.1, 0.15) is 106 Å². The third kappa shape index (κ3) is 5.59. The van der Waals surface area contributed by atoms with Crippen LogP contribution in [0, 0.1) is 5.41 Å². The molecule has 11 heteroatoms. The SMILES string of the molecule is CC(=O)N1CCc2c(c(N3CCCc4cc(C5CC6(C5)CN(C(=O)OC(C)(C)C)C6)c(C(F)F)cc43)nn2C2CCOCC2)C1. The van der Waals surface area contributed by atoms with Gasteiger partial charge in [0.1, 0.15) is 5.60 Å². The highest BCUT2D eigenvalue weighted by Crippen LogP contribution is 2.58. The second kappa shape index (κ2) is 11.2. The predicted octanol–water partition coefficient (Wildman–Crippen LogP) is 6.28. The highest BCUT2D eigenvalue weighted by Gasteiger charge is 2.55. The third-order valence-electron chi connectivity index (χ3n) is 10.4. The highest BCUT2D eigenvalue weighted by atomic mass is 19.3. The fourth-order valence-corrected chi connectivity index (χ4v) is 8.26. The van der Waals surface area contributed by atoms with Crippen molar-refractivity contribution in [1.82, 2.24) is 19.6 Å². The number of ether oxygens (including phenoxy) is 2. The van der Waals surface area contributed by atoms with Crippen molar-refractivity contribution < 1.29 is 27.8 Å². The molecule has 45 heavy (non-hydrogen) atoms. The van der Waals surface area contributed by atoms with Crippen LogP contribution in [-0.4, -0.2) is 76.6 Å². The fourth-order valence-electron chi connectivity index (χ4n) is 8.26. The average Bonchev–Trinajstić information content (AvgIpc) is 3.33. The molecule has 1 aromatic heterocycles. The number of alkyl halides is 2. The number of rotatable bonds is 4. The standard InChI is InChI=1S/C34H45F2N5O4/c1-21(42)38-11-7-28-27(18-38)31(37-41(28)24-8-12-44-13-9-24)40-10-5-6-22-14-25(26(30(35)36)15-29(22)40)23-16-34(17-23)19-39(20-34)32(43)45-33(2,3)4/h14-15,23-24,30H,5-13,16-20H2,1-4H3. The molecule has 2 amide bonds. The zero-order valence-corrected chi connectivity index (χ0v) is 26.9. The molecule has 0 N–H and O–H groups in total. The Morgan fingerprint density at radius 2 is 1.80 bits per heavy atom. The Kier molecular flexibility index (Phi) is 7.61. The molecule has 1 aromatic carbocycles. The first-order chi connectivity index (χ1) is 21.4. The number of benzene rings is 1. The topological polar surface area (TPSA) is 80.1 Å². The molecule has 1 spiro atoms. The number of fused-ring (bicyclic) bond motifs is 2. The Bertz CT molecular complexity index is 1480. The monoisotopic (exact) mass is 625 g/mol. The van der Waals surface area contributed by atoms with Crippen LogP contribution in [0.4, 0.5) is 25.1 Å². The summed E-state index contributed by atoms with van der Waals surface area (Å²) in [5.74, 6) is 0.892. The van der Waals surface area contributed by atoms with Crippen LogP contribution in [-0.2, 0) is 33.7 Å². The van der Waals surface area contributed by atoms with E-state index in [1.54, 1.807) is 17.9 Å². The summed E-state index contributed by atoms with van der Waals surface area (Å²) in [5, 5.41) is 5.19. The van der Waals surface area contributed by atoms with Gasteiger partial charge in [0.25, 0.3) is 6.43 Å². The second-order valence-electron chi connectivity index (χ2n) is 14.8. The van der Waals surface area contributed by atoms with Crippen molar-refractivity contribution in [2.75, 3.05) is 44.3 Å². The lowest BCUT2D eigenvalue weighted by atomic mass is 9.55. The van der Waals surface area contributed by atoms with Gasteiger partial charge in [0.2, 0.25) is 5.91 Å². The number of aryl methyl sites for hydroxylation is 1. The van der Waals surface area contributed by atoms with E-state index in [2.05, 4.69) is 9.58 Å². The minimum Gasteiger partial charge on any atom is -0.444 e. The molecule has 0 atom stereocenters. The summed E-state index contributed by atoms with van der Waals surface area (Å²) in [5.41, 5.74) is 4.41. The molecule has 0 bridgehead atoms. The molecule has 244 valence electrons. The maximum absolute atomic E-state index is 14.8. The van der Waals surface area contributed by atoms with Gasteiger partial charge in [0.05, 0.1) is 12.6 Å². The van der Waals surface area contributed by atoms with Crippen molar-refractivity contribution in [2.45, 2.75) is 103 Å². The molecule has 0 radical (unpaired) electrons. The average molecular weight is 626 g/mol. The minimum absolute atomic E-state index is 0.00153. The Hall–Kier alpha value is -3.21. The molecule has 3 fully saturated rings. The number of carbonyl (C=O) groups is 2. The maximum atomic E-state index is 14.8. The maximum Gasteiger partial charge on any atom is 0.410 e. The first-order valence-electron chi connectivity index (χ1n) is 16.6. The number of carbonyl (C=O) groups excluding carboxylic acids is 2. The summed E-state index contributed by atoms with van der Waals surface area (Å²) in [6, 6.07) is 3.99. The largest absolute Gasteiger partial charge is 0.444 e. The lowest BCUT2D eigenvalue weighted by Gasteiger charge is -2.59. The van der Waals surface area contributed by atoms with E-state index in [0.717, 1.165) is 78.8 Å². The van der Waals surface area contributed by atoms with E-state index in [1.165, 1.54) is 0 Å². The molecular formula is C34H45F2N5O4. The van der Waals surface area contributed by atoms with Crippen molar-refractivity contribution in [1.29, 1.82) is 0 Å². The van der Waals surface area contributed by atoms with E-state index in [0.29, 0.717) is 45.9 Å². The molecule has 1 aliphatic carbocycles. The first kappa shape index (κ1) is 30.4. The lowest BCUT2D eigenvalue weighted by Crippen LogP contribution is -2.63. The summed E-state index contributed by atoms with van der Waals surface area (Å²) >= 11 is 0. The molecule has 2 aromatic rings. The van der Waals surface area contributed by atoms with Gasteiger partial charge in [0.15, 0.2) is 5.82 Å². The molecular weight excluding hydrogens is 580 g/mol. The smallest absolute Gasteiger partial charge is 0.410 e. The van der Waals surface area contributed by atoms with Gasteiger partial charge in [0, 0.05) is 80.7 Å². The number of halogens is 2. The quantitative estimate of drug-likeness (QED) is 0.398. The molecule has 4 aliphatic heterocycles. The van der Waals surface area contributed by atoms with Gasteiger partial charge in [-0.1, -0.05) is 6.07 Å². The Morgan fingerprint density at radius 1 is 1.07 bits per heavy atom. The van der Waals surface area contributed by atoms with Gasteiger partial charge in [-0.2, -0.15) is 5.10 Å². The van der Waals surface area contributed by atoms with Crippen LogP contribution < -0.4 is 4.90 Å².